The van der Waals surface area contributed by atoms with Crippen molar-refractivity contribution in [2.75, 3.05) is 26.5 Å². The molecule has 24 heavy (non-hydrogen) atoms. The normalized spacial score (nSPS) is 11.7. The van der Waals surface area contributed by atoms with Crippen LogP contribution in [0.3, 0.4) is 0 Å². The van der Waals surface area contributed by atoms with E-state index in [0.717, 1.165) is 5.56 Å². The first-order valence-corrected chi connectivity index (χ1v) is 8.85. The Morgan fingerprint density at radius 3 is 2.50 bits per heavy atom. The van der Waals surface area contributed by atoms with Gasteiger partial charge in [0.1, 0.15) is 16.5 Å². The Kier molecular flexibility index (Phi) is 5.87. The number of pyridine rings is 1. The minimum Gasteiger partial charge on any atom is -0.366 e. The number of hydrogen-bond acceptors (Lipinski definition) is 5. The summed E-state index contributed by atoms with van der Waals surface area (Å²) in [6, 6.07) is 8.14. The van der Waals surface area contributed by atoms with Gasteiger partial charge in [0.2, 0.25) is 10.0 Å². The van der Waals surface area contributed by atoms with Gasteiger partial charge in [0.05, 0.1) is 0 Å². The zero-order valence-corrected chi connectivity index (χ0v) is 14.7. The van der Waals surface area contributed by atoms with E-state index in [0.29, 0.717) is 24.5 Å². The summed E-state index contributed by atoms with van der Waals surface area (Å²) < 4.78 is 39.5. The first kappa shape index (κ1) is 18.3. The van der Waals surface area contributed by atoms with Gasteiger partial charge in [0, 0.05) is 24.8 Å². The number of anilines is 1. The van der Waals surface area contributed by atoms with E-state index in [1.54, 1.807) is 12.1 Å². The number of rotatable bonds is 7. The molecule has 0 aliphatic carbocycles. The number of aromatic nitrogens is 1. The molecule has 2 rings (SSSR count). The average molecular weight is 352 g/mol. The molecule has 0 spiro atoms. The largest absolute Gasteiger partial charge is 0.366 e. The van der Waals surface area contributed by atoms with Crippen LogP contribution in [0, 0.1) is 5.82 Å². The molecule has 6 nitrogen and oxygen atoms in total. The van der Waals surface area contributed by atoms with Gasteiger partial charge in [0.25, 0.3) is 0 Å². The quantitative estimate of drug-likeness (QED) is 0.795. The third-order valence-corrected chi connectivity index (χ3v) is 4.79. The summed E-state index contributed by atoms with van der Waals surface area (Å²) in [7, 11) is 1.62. The molecule has 8 heteroatoms. The summed E-state index contributed by atoms with van der Waals surface area (Å²) >= 11 is 0. The van der Waals surface area contributed by atoms with Gasteiger partial charge in [-0.25, -0.2) is 22.5 Å². The molecule has 130 valence electrons. The van der Waals surface area contributed by atoms with Gasteiger partial charge in [-0.1, -0.05) is 12.1 Å². The molecule has 0 saturated heterocycles. The molecular formula is C16H21FN4O2S. The van der Waals surface area contributed by atoms with Gasteiger partial charge in [-0.05, 0) is 44.9 Å². The fraction of sp³-hybridized carbons (Fsp3) is 0.312. The summed E-state index contributed by atoms with van der Waals surface area (Å²) in [4.78, 5) is 6.05. The predicted molar refractivity (Wildman–Crippen MR) is 91.6 cm³/mol. The van der Waals surface area contributed by atoms with Gasteiger partial charge in [-0.15, -0.1) is 0 Å². The summed E-state index contributed by atoms with van der Waals surface area (Å²) in [5.41, 5.74) is 1.42. The van der Waals surface area contributed by atoms with Crippen molar-refractivity contribution in [3.05, 3.63) is 53.5 Å². The van der Waals surface area contributed by atoms with Crippen LogP contribution in [0.4, 0.5) is 10.2 Å². The molecule has 0 saturated carbocycles. The number of nitrogens with zero attached hydrogens (tertiary/aromatic N) is 2. The Labute approximate surface area is 141 Å². The highest BCUT2D eigenvalue weighted by Crippen LogP contribution is 2.14. The molecule has 0 fully saturated rings. The van der Waals surface area contributed by atoms with Crippen molar-refractivity contribution in [1.29, 1.82) is 0 Å². The Balaban J connectivity index is 2.02. The van der Waals surface area contributed by atoms with Crippen LogP contribution in [-0.4, -0.2) is 39.4 Å². The average Bonchev–Trinajstić information content (AvgIpc) is 2.55. The van der Waals surface area contributed by atoms with E-state index < -0.39 is 10.0 Å². The summed E-state index contributed by atoms with van der Waals surface area (Å²) in [5, 5.41) is 3.04. The van der Waals surface area contributed by atoms with Gasteiger partial charge >= 0.3 is 0 Å². The molecule has 0 aliphatic heterocycles. The van der Waals surface area contributed by atoms with Crippen LogP contribution >= 0.6 is 0 Å². The van der Waals surface area contributed by atoms with E-state index >= 15 is 0 Å². The molecule has 1 heterocycles. The summed E-state index contributed by atoms with van der Waals surface area (Å²) in [6.45, 7) is 0.937. The predicted octanol–water partition coefficient (Wildman–Crippen LogP) is 1.80. The lowest BCUT2D eigenvalue weighted by molar-refractivity contribution is 0.392. The Hall–Kier alpha value is -2.03. The second-order valence-corrected chi connectivity index (χ2v) is 7.49. The topological polar surface area (TPSA) is 74.3 Å². The SMILES string of the molecule is CNS(=O)(=O)c1ccc(NCc2ccc(CN(C)C)c(F)c2)nc1. The van der Waals surface area contributed by atoms with Gasteiger partial charge in [-0.2, -0.15) is 0 Å². The van der Waals surface area contributed by atoms with E-state index in [9.17, 15) is 12.8 Å². The Morgan fingerprint density at radius 1 is 1.21 bits per heavy atom. The molecule has 1 aromatic heterocycles. The van der Waals surface area contributed by atoms with E-state index in [4.69, 9.17) is 0 Å². The second kappa shape index (κ2) is 7.69. The zero-order valence-electron chi connectivity index (χ0n) is 13.9. The molecular weight excluding hydrogens is 331 g/mol. The number of hydrogen-bond donors (Lipinski definition) is 2. The molecule has 1 aromatic carbocycles. The van der Waals surface area contributed by atoms with Crippen LogP contribution < -0.4 is 10.0 Å². The van der Waals surface area contributed by atoms with Crippen LogP contribution in [0.1, 0.15) is 11.1 Å². The van der Waals surface area contributed by atoms with Crippen LogP contribution in [0.5, 0.6) is 0 Å². The Morgan fingerprint density at radius 2 is 1.96 bits per heavy atom. The highest BCUT2D eigenvalue weighted by molar-refractivity contribution is 7.89. The molecule has 2 N–H and O–H groups in total. The van der Waals surface area contributed by atoms with Crippen LogP contribution in [-0.2, 0) is 23.1 Å². The van der Waals surface area contributed by atoms with Crippen molar-refractivity contribution in [2.24, 2.45) is 0 Å². The van der Waals surface area contributed by atoms with Gasteiger partial charge in [0.15, 0.2) is 0 Å². The first-order chi connectivity index (χ1) is 11.3. The molecule has 0 atom stereocenters. The number of benzene rings is 1. The van der Waals surface area contributed by atoms with Crippen molar-refractivity contribution in [1.82, 2.24) is 14.6 Å². The molecule has 0 amide bonds. The smallest absolute Gasteiger partial charge is 0.241 e. The molecule has 0 radical (unpaired) electrons. The molecule has 0 bridgehead atoms. The number of sulfonamides is 1. The highest BCUT2D eigenvalue weighted by Gasteiger charge is 2.11. The lowest BCUT2D eigenvalue weighted by atomic mass is 10.1. The first-order valence-electron chi connectivity index (χ1n) is 7.37. The summed E-state index contributed by atoms with van der Waals surface area (Å²) in [6.07, 6.45) is 1.27. The second-order valence-electron chi connectivity index (χ2n) is 5.60. The highest BCUT2D eigenvalue weighted by atomic mass is 32.2. The third-order valence-electron chi connectivity index (χ3n) is 3.39. The van der Waals surface area contributed by atoms with Crippen molar-refractivity contribution in [3.8, 4) is 0 Å². The van der Waals surface area contributed by atoms with Crippen molar-refractivity contribution in [3.63, 3.8) is 0 Å². The van der Waals surface area contributed by atoms with Crippen LogP contribution in [0.25, 0.3) is 0 Å². The van der Waals surface area contributed by atoms with Gasteiger partial charge in [-0.3, -0.25) is 0 Å². The maximum atomic E-state index is 14.0. The fourth-order valence-electron chi connectivity index (χ4n) is 2.12. The van der Waals surface area contributed by atoms with E-state index in [2.05, 4.69) is 15.0 Å². The maximum absolute atomic E-state index is 14.0. The van der Waals surface area contributed by atoms with Crippen LogP contribution in [0.15, 0.2) is 41.4 Å². The van der Waals surface area contributed by atoms with E-state index in [1.807, 2.05) is 25.1 Å². The zero-order chi connectivity index (χ0) is 17.7. The molecule has 2 aromatic rings. The monoisotopic (exact) mass is 352 g/mol. The minimum atomic E-state index is -3.50. The molecule has 0 aliphatic rings. The lowest BCUT2D eigenvalue weighted by Crippen LogP contribution is -2.18. The fourth-order valence-corrected chi connectivity index (χ4v) is 2.80. The summed E-state index contributed by atoms with van der Waals surface area (Å²) in [5.74, 6) is 0.272. The number of nitrogens with one attached hydrogen (secondary N) is 2. The van der Waals surface area contributed by atoms with E-state index in [-0.39, 0.29) is 10.7 Å². The van der Waals surface area contributed by atoms with E-state index in [1.165, 1.54) is 25.4 Å². The van der Waals surface area contributed by atoms with Crippen molar-refractivity contribution >= 4 is 15.8 Å². The lowest BCUT2D eigenvalue weighted by Gasteiger charge is -2.12. The minimum absolute atomic E-state index is 0.0923. The molecule has 0 unspecified atom stereocenters. The maximum Gasteiger partial charge on any atom is 0.241 e. The van der Waals surface area contributed by atoms with Crippen molar-refractivity contribution in [2.45, 2.75) is 18.0 Å². The standard InChI is InChI=1S/C16H21FN4O2S/c1-18-24(22,23)14-6-7-16(20-10-14)19-9-12-4-5-13(11-21(2)3)15(17)8-12/h4-8,10,18H,9,11H2,1-3H3,(H,19,20). The number of halogens is 1. The Bertz CT molecular complexity index is 792. The van der Waals surface area contributed by atoms with Crippen molar-refractivity contribution < 1.29 is 12.8 Å². The van der Waals surface area contributed by atoms with Gasteiger partial charge < -0.3 is 10.2 Å². The third kappa shape index (κ3) is 4.73. The van der Waals surface area contributed by atoms with Crippen LogP contribution in [0.2, 0.25) is 0 Å².